The van der Waals surface area contributed by atoms with Crippen LogP contribution < -0.4 is 0 Å². The van der Waals surface area contributed by atoms with Crippen molar-refractivity contribution >= 4 is 5.97 Å². The summed E-state index contributed by atoms with van der Waals surface area (Å²) in [4.78, 5) is 9.82. The SMILES string of the molecule is CCCC[CH]C(=O)O. The van der Waals surface area contributed by atoms with Gasteiger partial charge in [-0.2, -0.15) is 0 Å². The molecule has 0 aliphatic rings. The van der Waals surface area contributed by atoms with E-state index in [1.807, 2.05) is 6.92 Å². The number of carboxylic acid groups (broad SMARTS) is 1. The van der Waals surface area contributed by atoms with Crippen molar-refractivity contribution in [3.63, 3.8) is 0 Å². The minimum Gasteiger partial charge on any atom is -0.481 e. The molecule has 0 heterocycles. The number of carboxylic acids is 1. The summed E-state index contributed by atoms with van der Waals surface area (Å²) in [5.41, 5.74) is 0. The highest BCUT2D eigenvalue weighted by Crippen LogP contribution is 1.96. The average molecular weight is 115 g/mol. The second kappa shape index (κ2) is 4.62. The molecule has 0 saturated carbocycles. The Labute approximate surface area is 49.5 Å². The van der Waals surface area contributed by atoms with Crippen LogP contribution in [-0.4, -0.2) is 11.1 Å². The zero-order chi connectivity index (χ0) is 6.41. The highest BCUT2D eigenvalue weighted by molar-refractivity contribution is 5.76. The summed E-state index contributed by atoms with van der Waals surface area (Å²) in [5.74, 6) is -0.807. The Morgan fingerprint density at radius 2 is 2.38 bits per heavy atom. The van der Waals surface area contributed by atoms with Gasteiger partial charge in [-0.15, -0.1) is 0 Å². The summed E-state index contributed by atoms with van der Waals surface area (Å²) in [6.45, 7) is 2.04. The monoisotopic (exact) mass is 115 g/mol. The molecule has 1 radical (unpaired) electrons. The van der Waals surface area contributed by atoms with Crippen molar-refractivity contribution in [1.82, 2.24) is 0 Å². The van der Waals surface area contributed by atoms with E-state index in [2.05, 4.69) is 0 Å². The Kier molecular flexibility index (Phi) is 4.32. The number of hydrogen-bond donors (Lipinski definition) is 1. The van der Waals surface area contributed by atoms with Gasteiger partial charge in [-0.05, 0) is 6.42 Å². The zero-order valence-electron chi connectivity index (χ0n) is 5.05. The maximum absolute atomic E-state index is 9.82. The summed E-state index contributed by atoms with van der Waals surface area (Å²) in [6, 6.07) is 0. The Morgan fingerprint density at radius 3 is 2.75 bits per heavy atom. The van der Waals surface area contributed by atoms with Crippen molar-refractivity contribution in [3.8, 4) is 0 Å². The van der Waals surface area contributed by atoms with Crippen LogP contribution in [0.25, 0.3) is 0 Å². The van der Waals surface area contributed by atoms with Crippen LogP contribution in [0.15, 0.2) is 0 Å². The van der Waals surface area contributed by atoms with Crippen LogP contribution in [0, 0.1) is 6.42 Å². The van der Waals surface area contributed by atoms with Crippen LogP contribution in [0.2, 0.25) is 0 Å². The van der Waals surface area contributed by atoms with Gasteiger partial charge < -0.3 is 5.11 Å². The van der Waals surface area contributed by atoms with Gasteiger partial charge in [-0.1, -0.05) is 19.8 Å². The fourth-order valence-electron chi connectivity index (χ4n) is 0.430. The average Bonchev–Trinajstić information content (AvgIpc) is 1.66. The Morgan fingerprint density at radius 1 is 1.75 bits per heavy atom. The van der Waals surface area contributed by atoms with E-state index < -0.39 is 5.97 Å². The van der Waals surface area contributed by atoms with Gasteiger partial charge in [0.1, 0.15) is 0 Å². The molecule has 0 unspecified atom stereocenters. The molecule has 1 N–H and O–H groups in total. The van der Waals surface area contributed by atoms with E-state index >= 15 is 0 Å². The van der Waals surface area contributed by atoms with E-state index in [1.165, 1.54) is 6.42 Å². The number of aliphatic carboxylic acids is 1. The van der Waals surface area contributed by atoms with Gasteiger partial charge >= 0.3 is 5.97 Å². The van der Waals surface area contributed by atoms with Gasteiger partial charge in [0, 0.05) is 0 Å². The lowest BCUT2D eigenvalue weighted by molar-refractivity contribution is -0.133. The van der Waals surface area contributed by atoms with Gasteiger partial charge in [0.05, 0.1) is 6.42 Å². The van der Waals surface area contributed by atoms with Crippen LogP contribution in [0.4, 0.5) is 0 Å². The molecule has 0 spiro atoms. The first-order chi connectivity index (χ1) is 3.77. The van der Waals surface area contributed by atoms with Gasteiger partial charge in [0.25, 0.3) is 0 Å². The van der Waals surface area contributed by atoms with Crippen molar-refractivity contribution < 1.29 is 9.90 Å². The number of unbranched alkanes of at least 4 members (excludes halogenated alkanes) is 2. The summed E-state index contributed by atoms with van der Waals surface area (Å²) < 4.78 is 0. The van der Waals surface area contributed by atoms with Gasteiger partial charge in [0.15, 0.2) is 0 Å². The maximum atomic E-state index is 9.82. The van der Waals surface area contributed by atoms with E-state index in [0.29, 0.717) is 6.42 Å². The molecule has 0 rings (SSSR count). The first kappa shape index (κ1) is 7.47. The predicted octanol–water partition coefficient (Wildman–Crippen LogP) is 1.47. The van der Waals surface area contributed by atoms with Crippen molar-refractivity contribution in [2.45, 2.75) is 26.2 Å². The summed E-state index contributed by atoms with van der Waals surface area (Å²) >= 11 is 0. The first-order valence-electron chi connectivity index (χ1n) is 2.83. The molecule has 0 saturated heterocycles. The second-order valence-corrected chi connectivity index (χ2v) is 1.68. The summed E-state index contributed by atoms with van der Waals surface area (Å²) in [7, 11) is 0. The highest BCUT2D eigenvalue weighted by Gasteiger charge is 1.93. The summed E-state index contributed by atoms with van der Waals surface area (Å²) in [6.07, 6.45) is 4.03. The lowest BCUT2D eigenvalue weighted by Crippen LogP contribution is -1.93. The van der Waals surface area contributed by atoms with Gasteiger partial charge in [-0.25, -0.2) is 0 Å². The van der Waals surface area contributed by atoms with Crippen LogP contribution in [0.5, 0.6) is 0 Å². The molecule has 2 nitrogen and oxygen atoms in total. The second-order valence-electron chi connectivity index (χ2n) is 1.68. The smallest absolute Gasteiger partial charge is 0.307 e. The van der Waals surface area contributed by atoms with E-state index in [-0.39, 0.29) is 0 Å². The minimum absolute atomic E-state index is 0.700. The van der Waals surface area contributed by atoms with Crippen LogP contribution in [0.3, 0.4) is 0 Å². The lowest BCUT2D eigenvalue weighted by Gasteiger charge is -1.89. The van der Waals surface area contributed by atoms with Crippen LogP contribution >= 0.6 is 0 Å². The van der Waals surface area contributed by atoms with Crippen molar-refractivity contribution in [1.29, 1.82) is 0 Å². The molecule has 0 aromatic heterocycles. The Balaban J connectivity index is 2.82. The molecule has 0 aliphatic heterocycles. The molecule has 0 fully saturated rings. The van der Waals surface area contributed by atoms with Crippen molar-refractivity contribution in [2.75, 3.05) is 0 Å². The van der Waals surface area contributed by atoms with E-state index in [4.69, 9.17) is 5.11 Å². The molecule has 0 bridgehead atoms. The molecule has 0 atom stereocenters. The molecule has 0 amide bonds. The van der Waals surface area contributed by atoms with E-state index in [9.17, 15) is 4.79 Å². The highest BCUT2D eigenvalue weighted by atomic mass is 16.4. The Hall–Kier alpha value is -0.530. The quantitative estimate of drug-likeness (QED) is 0.563. The molecule has 0 aliphatic carbocycles. The van der Waals surface area contributed by atoms with Crippen molar-refractivity contribution in [3.05, 3.63) is 6.42 Å². The largest absolute Gasteiger partial charge is 0.481 e. The maximum Gasteiger partial charge on any atom is 0.307 e. The number of rotatable bonds is 4. The molecular weight excluding hydrogens is 104 g/mol. The topological polar surface area (TPSA) is 37.3 Å². The minimum atomic E-state index is -0.807. The zero-order valence-corrected chi connectivity index (χ0v) is 5.05. The number of hydrogen-bond acceptors (Lipinski definition) is 1. The van der Waals surface area contributed by atoms with Crippen molar-refractivity contribution in [2.24, 2.45) is 0 Å². The molecule has 47 valence electrons. The van der Waals surface area contributed by atoms with E-state index in [0.717, 1.165) is 12.8 Å². The predicted molar refractivity (Wildman–Crippen MR) is 31.5 cm³/mol. The van der Waals surface area contributed by atoms with Gasteiger partial charge in [0.2, 0.25) is 0 Å². The molecule has 2 heteroatoms. The third-order valence-electron chi connectivity index (χ3n) is 0.877. The fraction of sp³-hybridized carbons (Fsp3) is 0.667. The molecule has 0 aromatic carbocycles. The summed E-state index contributed by atoms with van der Waals surface area (Å²) in [5, 5.41) is 8.08. The first-order valence-corrected chi connectivity index (χ1v) is 2.83. The fourth-order valence-corrected chi connectivity index (χ4v) is 0.430. The molecule has 8 heavy (non-hydrogen) atoms. The van der Waals surface area contributed by atoms with Crippen LogP contribution in [-0.2, 0) is 4.79 Å². The van der Waals surface area contributed by atoms with Crippen LogP contribution in [0.1, 0.15) is 26.2 Å². The third-order valence-corrected chi connectivity index (χ3v) is 0.877. The van der Waals surface area contributed by atoms with E-state index in [1.54, 1.807) is 0 Å². The molecular formula is C6H11O2. The third kappa shape index (κ3) is 5.47. The lowest BCUT2D eigenvalue weighted by atomic mass is 10.2. The standard InChI is InChI=1S/C6H11O2/c1-2-3-4-5-6(7)8/h5H,2-4H2,1H3,(H,7,8). The molecule has 0 aromatic rings. The Bertz CT molecular complexity index is 68.9. The number of carbonyl (C=O) groups is 1. The van der Waals surface area contributed by atoms with Gasteiger partial charge in [-0.3, -0.25) is 4.79 Å². The normalized spacial score (nSPS) is 9.12.